The van der Waals surface area contributed by atoms with Gasteiger partial charge in [-0.25, -0.2) is 4.98 Å². The lowest BCUT2D eigenvalue weighted by molar-refractivity contribution is -0.136. The van der Waals surface area contributed by atoms with Gasteiger partial charge in [-0.3, -0.25) is 24.3 Å². The number of aryl methyl sites for hydroxylation is 1. The molecule has 0 bridgehead atoms. The molecule has 0 spiro atoms. The number of piperidine rings is 1. The number of hydrogen-bond donors (Lipinski definition) is 2. The Hall–Kier alpha value is -2.31. The number of amides is 2. The molecule has 1 aromatic carbocycles. The van der Waals surface area contributed by atoms with Crippen LogP contribution in [0, 0.1) is 6.92 Å². The predicted molar refractivity (Wildman–Crippen MR) is 124 cm³/mol. The van der Waals surface area contributed by atoms with E-state index in [1.54, 1.807) is 14.8 Å². The summed E-state index contributed by atoms with van der Waals surface area (Å²) in [6.07, 6.45) is 0. The smallest absolute Gasteiger partial charge is 0.264 e. The van der Waals surface area contributed by atoms with Crippen molar-refractivity contribution in [1.29, 1.82) is 0 Å². The third-order valence-electron chi connectivity index (χ3n) is 6.41. The van der Waals surface area contributed by atoms with Crippen LogP contribution in [0.25, 0.3) is 10.9 Å². The van der Waals surface area contributed by atoms with Crippen LogP contribution in [0.1, 0.15) is 11.9 Å². The second kappa shape index (κ2) is 6.11. The number of carbonyl (C=O) groups excluding carboxylic acids is 2. The Morgan fingerprint density at radius 3 is 2.26 bits per heavy atom. The number of imide groups is 1. The minimum absolute atomic E-state index is 0.328. The molecule has 2 atom stereocenters. The molecule has 3 rings (SSSR count). The number of nitrogens with zero attached hydrogens (tertiary/aromatic N) is 2. The van der Waals surface area contributed by atoms with E-state index in [0.717, 1.165) is 16.4 Å². The number of benzene rings is 1. The average molecular weight is 357 g/mol. The summed E-state index contributed by atoms with van der Waals surface area (Å²) in [7, 11) is 11.1. The van der Waals surface area contributed by atoms with Crippen molar-refractivity contribution in [3.05, 3.63) is 16.2 Å². The minimum atomic E-state index is -0.851. The number of hydrogen-bond acceptors (Lipinski definition) is 5. The van der Waals surface area contributed by atoms with Gasteiger partial charge in [0.2, 0.25) is 11.8 Å². The van der Waals surface area contributed by atoms with Crippen molar-refractivity contribution in [2.75, 3.05) is 5.73 Å². The van der Waals surface area contributed by atoms with Crippen LogP contribution in [-0.4, -0.2) is 68.4 Å². The highest BCUT2D eigenvalue weighted by molar-refractivity contribution is 6.61. The summed E-state index contributed by atoms with van der Waals surface area (Å²) in [6, 6.07) is -0.851. The number of anilines is 1. The van der Waals surface area contributed by atoms with Crippen molar-refractivity contribution in [2.45, 2.75) is 24.0 Å². The van der Waals surface area contributed by atoms with E-state index in [4.69, 9.17) is 5.73 Å². The van der Waals surface area contributed by atoms with Gasteiger partial charge in [0, 0.05) is 11.5 Å². The van der Waals surface area contributed by atoms with E-state index in [1.165, 1.54) is 4.57 Å². The van der Waals surface area contributed by atoms with Crippen LogP contribution in [-0.2, 0) is 9.59 Å². The number of fused-ring (bicyclic) bond motifs is 1. The molecule has 132 valence electrons. The van der Waals surface area contributed by atoms with E-state index in [-0.39, 0.29) is 11.5 Å². The van der Waals surface area contributed by atoms with E-state index >= 15 is 0 Å². The number of nitrogens with two attached hydrogens (primary N) is 1. The molecule has 2 amide bonds. The van der Waals surface area contributed by atoms with Crippen molar-refractivity contribution < 1.29 is 9.59 Å². The van der Waals surface area contributed by atoms with Crippen LogP contribution in [0.4, 0.5) is 5.69 Å². The van der Waals surface area contributed by atoms with Crippen LogP contribution in [0.3, 0.4) is 0 Å². The number of aromatic nitrogens is 2. The standard InChI is InChI=1S/C14H20B6N4O3/c1-2-22-8-3(7(21)5(16)4(15)6(8)17)13(27)24(2)10-12(26)23-11(25)9(18)14(10,19)20/h9-10H,15-21H2,1H3,(H,23,25,26). The highest BCUT2D eigenvalue weighted by Gasteiger charge is 2.48. The van der Waals surface area contributed by atoms with Gasteiger partial charge in [-0.05, 0) is 6.92 Å². The van der Waals surface area contributed by atoms with Crippen LogP contribution < -0.4 is 33.0 Å². The fraction of sp³-hybridized carbons (Fsp3) is 0.286. The lowest BCUT2D eigenvalue weighted by Crippen LogP contribution is -2.56. The number of nitrogens with one attached hydrogen (secondary N) is 1. The van der Waals surface area contributed by atoms with Gasteiger partial charge in [-0.15, -0.1) is 0 Å². The maximum Gasteiger partial charge on any atom is 0.264 e. The molecular formula is C14H20B6N4O3. The molecule has 0 aliphatic carbocycles. The topological polar surface area (TPSA) is 107 Å². The van der Waals surface area contributed by atoms with Gasteiger partial charge in [-0.2, -0.15) is 0 Å². The van der Waals surface area contributed by atoms with E-state index < -0.39 is 23.0 Å². The fourth-order valence-corrected chi connectivity index (χ4v) is 3.97. The van der Waals surface area contributed by atoms with Gasteiger partial charge in [0.1, 0.15) is 58.9 Å². The van der Waals surface area contributed by atoms with Gasteiger partial charge in [-0.1, -0.05) is 21.6 Å². The molecule has 0 radical (unpaired) electrons. The Balaban J connectivity index is 2.42. The van der Waals surface area contributed by atoms with Gasteiger partial charge in [0.25, 0.3) is 5.56 Å². The summed E-state index contributed by atoms with van der Waals surface area (Å²) in [5, 5.41) is 1.96. The van der Waals surface area contributed by atoms with Crippen LogP contribution in [0.15, 0.2) is 4.79 Å². The summed E-state index contributed by atoms with van der Waals surface area (Å²) in [5.74, 6) is -0.842. The second-order valence-electron chi connectivity index (χ2n) is 8.15. The van der Waals surface area contributed by atoms with Crippen molar-refractivity contribution in [3.63, 3.8) is 0 Å². The first kappa shape index (κ1) is 19.5. The monoisotopic (exact) mass is 358 g/mol. The zero-order valence-corrected chi connectivity index (χ0v) is 16.9. The average Bonchev–Trinajstić information content (AvgIpc) is 2.58. The third-order valence-corrected chi connectivity index (χ3v) is 6.41. The Morgan fingerprint density at radius 2 is 1.67 bits per heavy atom. The molecule has 1 saturated heterocycles. The van der Waals surface area contributed by atoms with Crippen LogP contribution in [0.2, 0.25) is 11.0 Å². The SMILES string of the molecule is Bc1c(B)c(N)c2c(=O)n(C3C(=O)NC(=O)C(B)C3(B)B)c(C)nc2c1B. The second-order valence-corrected chi connectivity index (χ2v) is 8.15. The molecule has 1 aromatic heterocycles. The summed E-state index contributed by atoms with van der Waals surface area (Å²) in [4.78, 5) is 43.0. The van der Waals surface area contributed by atoms with Gasteiger partial charge >= 0.3 is 0 Å². The van der Waals surface area contributed by atoms with E-state index in [0.29, 0.717) is 22.4 Å². The molecule has 1 aliphatic rings. The lowest BCUT2D eigenvalue weighted by atomic mass is 9.39. The first-order valence-corrected chi connectivity index (χ1v) is 9.04. The number of rotatable bonds is 1. The molecular weight excluding hydrogens is 337 g/mol. The van der Waals surface area contributed by atoms with Crippen molar-refractivity contribution >= 4 is 91.9 Å². The summed E-state index contributed by atoms with van der Waals surface area (Å²) >= 11 is 0. The molecule has 3 N–H and O–H groups in total. The van der Waals surface area contributed by atoms with E-state index in [1.807, 2.05) is 39.2 Å². The van der Waals surface area contributed by atoms with E-state index in [2.05, 4.69) is 10.3 Å². The zero-order chi connectivity index (χ0) is 20.4. The predicted octanol–water partition coefficient (Wildman–Crippen LogP) is -7.94. The first-order valence-electron chi connectivity index (χ1n) is 9.04. The Kier molecular flexibility index (Phi) is 4.40. The summed E-state index contributed by atoms with van der Waals surface area (Å²) < 4.78 is 1.39. The molecule has 1 aliphatic heterocycles. The van der Waals surface area contributed by atoms with Gasteiger partial charge in [0.15, 0.2) is 0 Å². The molecule has 2 heterocycles. The molecule has 0 saturated carbocycles. The normalized spacial score (nSPS) is 22.0. The highest BCUT2D eigenvalue weighted by atomic mass is 16.2. The first-order chi connectivity index (χ1) is 12.4. The van der Waals surface area contributed by atoms with Crippen LogP contribution in [0.5, 0.6) is 0 Å². The zero-order valence-electron chi connectivity index (χ0n) is 16.9. The third kappa shape index (κ3) is 2.58. The van der Waals surface area contributed by atoms with E-state index in [9.17, 15) is 14.4 Å². The minimum Gasteiger partial charge on any atom is -0.398 e. The van der Waals surface area contributed by atoms with Crippen molar-refractivity contribution in [2.24, 2.45) is 0 Å². The maximum absolute atomic E-state index is 13.5. The maximum atomic E-state index is 13.5. The summed E-state index contributed by atoms with van der Waals surface area (Å²) in [6.45, 7) is 1.70. The molecule has 27 heavy (non-hydrogen) atoms. The van der Waals surface area contributed by atoms with Gasteiger partial charge in [0.05, 0.1) is 10.9 Å². The quantitative estimate of drug-likeness (QED) is 0.300. The number of carbonyl (C=O) groups is 2. The lowest BCUT2D eigenvalue weighted by Gasteiger charge is -2.43. The Labute approximate surface area is 162 Å². The Bertz CT molecular complexity index is 1080. The molecule has 7 nitrogen and oxygen atoms in total. The molecule has 2 unspecified atom stereocenters. The van der Waals surface area contributed by atoms with Crippen LogP contribution >= 0.6 is 0 Å². The number of nitrogen functional groups attached to an aromatic ring is 1. The fourth-order valence-electron chi connectivity index (χ4n) is 3.97. The largest absolute Gasteiger partial charge is 0.398 e. The van der Waals surface area contributed by atoms with Gasteiger partial charge < -0.3 is 5.73 Å². The molecule has 1 fully saturated rings. The van der Waals surface area contributed by atoms with Crippen molar-refractivity contribution in [3.8, 4) is 0 Å². The molecule has 13 heteroatoms. The summed E-state index contributed by atoms with van der Waals surface area (Å²) in [5.41, 5.74) is 9.62. The van der Waals surface area contributed by atoms with Crippen molar-refractivity contribution in [1.82, 2.24) is 14.9 Å². The highest BCUT2D eigenvalue weighted by Crippen LogP contribution is 2.45. The Morgan fingerprint density at radius 1 is 1.07 bits per heavy atom. The molecule has 2 aromatic rings.